The molecule has 0 bridgehead atoms. The van der Waals surface area contributed by atoms with Gasteiger partial charge in [0.25, 0.3) is 0 Å². The van der Waals surface area contributed by atoms with Crippen molar-refractivity contribution in [1.29, 1.82) is 0 Å². The molecule has 0 aromatic rings. The minimum atomic E-state index is 0.743. The zero-order chi connectivity index (χ0) is 8.60. The maximum atomic E-state index is 3.54. The molecule has 0 unspecified atom stereocenters. The molecule has 1 saturated carbocycles. The second kappa shape index (κ2) is 3.02. The topological polar surface area (TPSA) is 12.0 Å². The molecule has 1 aliphatic heterocycles. The molecule has 0 radical (unpaired) electrons. The molecular formula is C11H21N. The lowest BCUT2D eigenvalue weighted by Crippen LogP contribution is -2.49. The largest absolute Gasteiger partial charge is 0.316 e. The second-order valence-electron chi connectivity index (χ2n) is 5.19. The van der Waals surface area contributed by atoms with E-state index in [1.54, 1.807) is 0 Å². The Morgan fingerprint density at radius 3 is 2.58 bits per heavy atom. The van der Waals surface area contributed by atoms with Crippen LogP contribution in [0.1, 0.15) is 39.5 Å². The molecule has 12 heavy (non-hydrogen) atoms. The Balaban J connectivity index is 1.84. The van der Waals surface area contributed by atoms with Crippen molar-refractivity contribution in [3.8, 4) is 0 Å². The summed E-state index contributed by atoms with van der Waals surface area (Å²) < 4.78 is 0. The minimum absolute atomic E-state index is 0.743. The molecule has 0 amide bonds. The summed E-state index contributed by atoms with van der Waals surface area (Å²) >= 11 is 0. The monoisotopic (exact) mass is 167 g/mol. The van der Waals surface area contributed by atoms with Gasteiger partial charge in [-0.15, -0.1) is 0 Å². The van der Waals surface area contributed by atoms with Crippen LogP contribution in [0.4, 0.5) is 0 Å². The summed E-state index contributed by atoms with van der Waals surface area (Å²) in [5, 5.41) is 3.54. The second-order valence-corrected chi connectivity index (χ2v) is 5.19. The van der Waals surface area contributed by atoms with Gasteiger partial charge >= 0.3 is 0 Å². The zero-order valence-corrected chi connectivity index (χ0v) is 8.40. The Hall–Kier alpha value is -0.0400. The lowest BCUT2D eigenvalue weighted by Gasteiger charge is -2.52. The molecule has 1 N–H and O–H groups in total. The summed E-state index contributed by atoms with van der Waals surface area (Å²) in [7, 11) is 0. The van der Waals surface area contributed by atoms with E-state index < -0.39 is 0 Å². The molecule has 0 aromatic heterocycles. The average molecular weight is 167 g/mol. The number of nitrogens with one attached hydrogen (secondary N) is 1. The molecular weight excluding hydrogens is 146 g/mol. The van der Waals surface area contributed by atoms with E-state index in [0.29, 0.717) is 0 Å². The predicted octanol–water partition coefficient (Wildman–Crippen LogP) is 2.42. The highest BCUT2D eigenvalue weighted by Crippen LogP contribution is 2.52. The molecule has 1 aliphatic carbocycles. The third-order valence-corrected chi connectivity index (χ3v) is 3.89. The maximum Gasteiger partial charge on any atom is 0.000802 e. The van der Waals surface area contributed by atoms with Gasteiger partial charge in [0, 0.05) is 6.54 Å². The van der Waals surface area contributed by atoms with Crippen molar-refractivity contribution in [1.82, 2.24) is 5.32 Å². The van der Waals surface area contributed by atoms with E-state index in [1.807, 2.05) is 0 Å². The van der Waals surface area contributed by atoms with E-state index in [9.17, 15) is 0 Å². The molecule has 1 heterocycles. The van der Waals surface area contributed by atoms with Crippen LogP contribution in [0.3, 0.4) is 0 Å². The summed E-state index contributed by atoms with van der Waals surface area (Å²) in [4.78, 5) is 0. The number of hydrogen-bond donors (Lipinski definition) is 1. The van der Waals surface area contributed by atoms with Crippen LogP contribution in [0.5, 0.6) is 0 Å². The fraction of sp³-hybridized carbons (Fsp3) is 1.00. The van der Waals surface area contributed by atoms with Gasteiger partial charge in [0.1, 0.15) is 0 Å². The van der Waals surface area contributed by atoms with Gasteiger partial charge in [0.2, 0.25) is 0 Å². The number of rotatable bonds is 1. The Morgan fingerprint density at radius 2 is 2.08 bits per heavy atom. The highest BCUT2D eigenvalue weighted by Gasteiger charge is 2.45. The highest BCUT2D eigenvalue weighted by atomic mass is 14.9. The predicted molar refractivity (Wildman–Crippen MR) is 52.1 cm³/mol. The third-order valence-electron chi connectivity index (χ3n) is 3.89. The van der Waals surface area contributed by atoms with Crippen LogP contribution in [0.25, 0.3) is 0 Å². The van der Waals surface area contributed by atoms with Crippen LogP contribution in [0.2, 0.25) is 0 Å². The van der Waals surface area contributed by atoms with Crippen molar-refractivity contribution in [3.63, 3.8) is 0 Å². The summed E-state index contributed by atoms with van der Waals surface area (Å²) in [6.07, 6.45) is 5.89. The first-order valence-electron chi connectivity index (χ1n) is 5.43. The molecule has 2 aliphatic rings. The third kappa shape index (κ3) is 1.39. The molecule has 70 valence electrons. The summed E-state index contributed by atoms with van der Waals surface area (Å²) in [6.45, 7) is 7.30. The first kappa shape index (κ1) is 8.55. The van der Waals surface area contributed by atoms with Crippen molar-refractivity contribution in [3.05, 3.63) is 0 Å². The standard InChI is InChI=1S/C11H21N/c1-9(2)10-6-11(7-10)4-3-5-12-8-11/h9-10,12H,3-8H2,1-2H3. The number of hydrogen-bond acceptors (Lipinski definition) is 1. The van der Waals surface area contributed by atoms with Crippen molar-refractivity contribution >= 4 is 0 Å². The molecule has 1 heteroatoms. The summed E-state index contributed by atoms with van der Waals surface area (Å²) in [5.74, 6) is 1.95. The van der Waals surface area contributed by atoms with Gasteiger partial charge in [-0.2, -0.15) is 0 Å². The van der Waals surface area contributed by atoms with Crippen molar-refractivity contribution < 1.29 is 0 Å². The van der Waals surface area contributed by atoms with E-state index in [4.69, 9.17) is 0 Å². The van der Waals surface area contributed by atoms with E-state index in [2.05, 4.69) is 19.2 Å². The summed E-state index contributed by atoms with van der Waals surface area (Å²) in [6, 6.07) is 0. The maximum absolute atomic E-state index is 3.54. The summed E-state index contributed by atoms with van der Waals surface area (Å²) in [5.41, 5.74) is 0.743. The Labute approximate surface area is 75.9 Å². The molecule has 1 saturated heterocycles. The van der Waals surface area contributed by atoms with Crippen LogP contribution in [-0.4, -0.2) is 13.1 Å². The van der Waals surface area contributed by atoms with E-state index >= 15 is 0 Å². The molecule has 0 aromatic carbocycles. The Morgan fingerprint density at radius 1 is 1.33 bits per heavy atom. The van der Waals surface area contributed by atoms with Crippen molar-refractivity contribution in [2.45, 2.75) is 39.5 Å². The van der Waals surface area contributed by atoms with Gasteiger partial charge < -0.3 is 5.32 Å². The van der Waals surface area contributed by atoms with Gasteiger partial charge in [0.15, 0.2) is 0 Å². The minimum Gasteiger partial charge on any atom is -0.316 e. The molecule has 1 spiro atoms. The van der Waals surface area contributed by atoms with Gasteiger partial charge in [-0.25, -0.2) is 0 Å². The van der Waals surface area contributed by atoms with E-state index in [1.165, 1.54) is 38.8 Å². The Kier molecular flexibility index (Phi) is 2.16. The fourth-order valence-corrected chi connectivity index (χ4v) is 2.90. The molecule has 2 rings (SSSR count). The van der Waals surface area contributed by atoms with E-state index in [-0.39, 0.29) is 0 Å². The Bertz CT molecular complexity index is 148. The molecule has 0 atom stereocenters. The first-order chi connectivity index (χ1) is 5.72. The first-order valence-corrected chi connectivity index (χ1v) is 5.43. The van der Waals surface area contributed by atoms with Gasteiger partial charge in [-0.1, -0.05) is 13.8 Å². The zero-order valence-electron chi connectivity index (χ0n) is 8.40. The molecule has 1 nitrogen and oxygen atoms in total. The van der Waals surface area contributed by atoms with Crippen molar-refractivity contribution in [2.24, 2.45) is 17.3 Å². The van der Waals surface area contributed by atoms with Crippen LogP contribution in [0, 0.1) is 17.3 Å². The van der Waals surface area contributed by atoms with Crippen LogP contribution >= 0.6 is 0 Å². The smallest absolute Gasteiger partial charge is 0.000802 e. The lowest BCUT2D eigenvalue weighted by molar-refractivity contribution is 0.00400. The SMILES string of the molecule is CC(C)C1CC2(CCCNC2)C1. The van der Waals surface area contributed by atoms with Crippen molar-refractivity contribution in [2.75, 3.05) is 13.1 Å². The van der Waals surface area contributed by atoms with Gasteiger partial charge in [0.05, 0.1) is 0 Å². The van der Waals surface area contributed by atoms with Crippen LogP contribution in [-0.2, 0) is 0 Å². The molecule has 2 fully saturated rings. The highest BCUT2D eigenvalue weighted by molar-refractivity contribution is 4.97. The fourth-order valence-electron chi connectivity index (χ4n) is 2.90. The average Bonchev–Trinajstić information content (AvgIpc) is 2.01. The van der Waals surface area contributed by atoms with E-state index in [0.717, 1.165) is 17.3 Å². The lowest BCUT2D eigenvalue weighted by atomic mass is 9.56. The van der Waals surface area contributed by atoms with Gasteiger partial charge in [-0.05, 0) is 49.5 Å². The van der Waals surface area contributed by atoms with Crippen LogP contribution in [0.15, 0.2) is 0 Å². The normalized spacial score (nSPS) is 41.8. The quantitative estimate of drug-likeness (QED) is 0.632. The number of piperidine rings is 1. The van der Waals surface area contributed by atoms with Gasteiger partial charge in [-0.3, -0.25) is 0 Å². The van der Waals surface area contributed by atoms with Crippen LogP contribution < -0.4 is 5.32 Å².